The molecule has 4 heteroatoms. The summed E-state index contributed by atoms with van der Waals surface area (Å²) >= 11 is 0. The number of rotatable bonds is 3. The van der Waals surface area contributed by atoms with Crippen LogP contribution < -0.4 is 5.32 Å². The number of hydrogen-bond donors (Lipinski definition) is 2. The summed E-state index contributed by atoms with van der Waals surface area (Å²) in [5.41, 5.74) is 1.95. The first-order chi connectivity index (χ1) is 6.27. The second kappa shape index (κ2) is 3.20. The summed E-state index contributed by atoms with van der Waals surface area (Å²) in [7, 11) is 0. The van der Waals surface area contributed by atoms with Crippen LogP contribution >= 0.6 is 0 Å². The molecule has 0 unspecified atom stereocenters. The molecule has 0 bridgehead atoms. The van der Waals surface area contributed by atoms with Gasteiger partial charge < -0.3 is 10.3 Å². The molecule has 0 saturated heterocycles. The minimum absolute atomic E-state index is 0.169. The van der Waals surface area contributed by atoms with Crippen molar-refractivity contribution in [3.8, 4) is 0 Å². The summed E-state index contributed by atoms with van der Waals surface area (Å²) in [6, 6.07) is 0. The Balaban J connectivity index is 1.85. The molecule has 0 spiro atoms. The summed E-state index contributed by atoms with van der Waals surface area (Å²) in [5, 5.41) is 2.87. The van der Waals surface area contributed by atoms with Gasteiger partial charge in [-0.3, -0.25) is 4.79 Å². The maximum absolute atomic E-state index is 11.3. The fourth-order valence-corrected chi connectivity index (χ4v) is 1.23. The lowest BCUT2D eigenvalue weighted by molar-refractivity contribution is -0.122. The monoisotopic (exact) mass is 179 g/mol. The van der Waals surface area contributed by atoms with E-state index in [2.05, 4.69) is 15.3 Å². The first-order valence-electron chi connectivity index (χ1n) is 4.54. The van der Waals surface area contributed by atoms with E-state index in [9.17, 15) is 4.79 Å². The van der Waals surface area contributed by atoms with E-state index in [1.54, 1.807) is 6.33 Å². The summed E-state index contributed by atoms with van der Waals surface area (Å²) in [6.45, 7) is 2.50. The van der Waals surface area contributed by atoms with Gasteiger partial charge in [0.25, 0.3) is 0 Å². The Morgan fingerprint density at radius 2 is 2.54 bits per heavy atom. The third-order valence-corrected chi connectivity index (χ3v) is 2.31. The van der Waals surface area contributed by atoms with Crippen LogP contribution in [0.4, 0.5) is 0 Å². The van der Waals surface area contributed by atoms with Crippen molar-refractivity contribution < 1.29 is 4.79 Å². The highest BCUT2D eigenvalue weighted by Crippen LogP contribution is 2.28. The van der Waals surface area contributed by atoms with Crippen molar-refractivity contribution in [2.75, 3.05) is 0 Å². The molecular formula is C9H13N3O. The van der Waals surface area contributed by atoms with Crippen molar-refractivity contribution in [1.29, 1.82) is 0 Å². The van der Waals surface area contributed by atoms with Gasteiger partial charge in [-0.25, -0.2) is 4.98 Å². The molecule has 1 fully saturated rings. The Hall–Kier alpha value is -1.32. The molecule has 2 rings (SSSR count). The molecule has 1 saturated carbocycles. The van der Waals surface area contributed by atoms with E-state index in [-0.39, 0.29) is 11.8 Å². The van der Waals surface area contributed by atoms with Gasteiger partial charge in [0.05, 0.1) is 18.6 Å². The summed E-state index contributed by atoms with van der Waals surface area (Å²) in [6.07, 6.45) is 3.74. The van der Waals surface area contributed by atoms with E-state index in [1.165, 1.54) is 0 Å². The molecule has 0 radical (unpaired) electrons. The number of H-pyrrole nitrogens is 1. The standard InChI is InChI=1S/C9H13N3O/c1-6-8(12-5-11-6)4-10-9(13)7-2-3-7/h5,7H,2-4H2,1H3,(H,10,13)(H,11,12). The average Bonchev–Trinajstić information content (AvgIpc) is 2.88. The van der Waals surface area contributed by atoms with Crippen LogP contribution in [0.15, 0.2) is 6.33 Å². The fourth-order valence-electron chi connectivity index (χ4n) is 1.23. The van der Waals surface area contributed by atoms with Gasteiger partial charge in [0.15, 0.2) is 0 Å². The number of aryl methyl sites for hydroxylation is 1. The Bertz CT molecular complexity index is 314. The third kappa shape index (κ3) is 1.88. The molecule has 0 aromatic carbocycles. The van der Waals surface area contributed by atoms with E-state index in [0.29, 0.717) is 6.54 Å². The van der Waals surface area contributed by atoms with Crippen LogP contribution in [0.5, 0.6) is 0 Å². The first-order valence-corrected chi connectivity index (χ1v) is 4.54. The highest BCUT2D eigenvalue weighted by molar-refractivity contribution is 5.80. The molecule has 13 heavy (non-hydrogen) atoms. The Labute approximate surface area is 76.8 Å². The maximum atomic E-state index is 11.3. The number of hydrogen-bond acceptors (Lipinski definition) is 2. The van der Waals surface area contributed by atoms with Crippen LogP contribution in [0.3, 0.4) is 0 Å². The smallest absolute Gasteiger partial charge is 0.223 e. The molecule has 2 N–H and O–H groups in total. The first kappa shape index (κ1) is 8.29. The third-order valence-electron chi connectivity index (χ3n) is 2.31. The minimum atomic E-state index is 0.169. The molecule has 0 aliphatic heterocycles. The van der Waals surface area contributed by atoms with Crippen LogP contribution in [-0.2, 0) is 11.3 Å². The zero-order chi connectivity index (χ0) is 9.26. The lowest BCUT2D eigenvalue weighted by Crippen LogP contribution is -2.24. The Morgan fingerprint density at radius 3 is 3.08 bits per heavy atom. The van der Waals surface area contributed by atoms with Crippen molar-refractivity contribution in [2.45, 2.75) is 26.3 Å². The highest BCUT2D eigenvalue weighted by atomic mass is 16.2. The van der Waals surface area contributed by atoms with E-state index in [1.807, 2.05) is 6.92 Å². The van der Waals surface area contributed by atoms with E-state index < -0.39 is 0 Å². The van der Waals surface area contributed by atoms with Gasteiger partial charge in [0.1, 0.15) is 0 Å². The molecule has 1 aromatic rings. The number of nitrogens with zero attached hydrogens (tertiary/aromatic N) is 1. The van der Waals surface area contributed by atoms with Crippen LogP contribution in [0.1, 0.15) is 24.2 Å². The lowest BCUT2D eigenvalue weighted by atomic mass is 10.3. The van der Waals surface area contributed by atoms with Crippen molar-refractivity contribution in [3.63, 3.8) is 0 Å². The van der Waals surface area contributed by atoms with Crippen molar-refractivity contribution in [2.24, 2.45) is 5.92 Å². The van der Waals surface area contributed by atoms with E-state index in [4.69, 9.17) is 0 Å². The topological polar surface area (TPSA) is 57.8 Å². The number of aromatic amines is 1. The summed E-state index contributed by atoms with van der Waals surface area (Å²) < 4.78 is 0. The van der Waals surface area contributed by atoms with Crippen molar-refractivity contribution in [1.82, 2.24) is 15.3 Å². The van der Waals surface area contributed by atoms with Gasteiger partial charge in [0.2, 0.25) is 5.91 Å². The molecule has 1 aromatic heterocycles. The number of nitrogens with one attached hydrogen (secondary N) is 2. The molecule has 1 heterocycles. The lowest BCUT2D eigenvalue weighted by Gasteiger charge is -2.01. The number of carbonyl (C=O) groups excluding carboxylic acids is 1. The normalized spacial score (nSPS) is 15.8. The SMILES string of the molecule is Cc1[nH]cnc1CNC(=O)C1CC1. The van der Waals surface area contributed by atoms with Gasteiger partial charge in [-0.05, 0) is 19.8 Å². The molecular weight excluding hydrogens is 166 g/mol. The zero-order valence-electron chi connectivity index (χ0n) is 7.63. The van der Waals surface area contributed by atoms with Gasteiger partial charge >= 0.3 is 0 Å². The quantitative estimate of drug-likeness (QED) is 0.719. The molecule has 0 atom stereocenters. The van der Waals surface area contributed by atoms with E-state index in [0.717, 1.165) is 24.2 Å². The van der Waals surface area contributed by atoms with Gasteiger partial charge in [-0.2, -0.15) is 0 Å². The van der Waals surface area contributed by atoms with Crippen LogP contribution in [0.2, 0.25) is 0 Å². The number of aromatic nitrogens is 2. The highest BCUT2D eigenvalue weighted by Gasteiger charge is 2.29. The molecule has 1 aliphatic carbocycles. The van der Waals surface area contributed by atoms with Crippen LogP contribution in [0.25, 0.3) is 0 Å². The van der Waals surface area contributed by atoms with Gasteiger partial charge in [0, 0.05) is 11.6 Å². The van der Waals surface area contributed by atoms with Crippen LogP contribution in [0, 0.1) is 12.8 Å². The van der Waals surface area contributed by atoms with Gasteiger partial charge in [-0.15, -0.1) is 0 Å². The van der Waals surface area contributed by atoms with Gasteiger partial charge in [-0.1, -0.05) is 0 Å². The Kier molecular flexibility index (Phi) is 2.04. The molecule has 1 amide bonds. The Morgan fingerprint density at radius 1 is 1.77 bits per heavy atom. The summed E-state index contributed by atoms with van der Waals surface area (Å²) in [4.78, 5) is 18.3. The minimum Gasteiger partial charge on any atom is -0.350 e. The average molecular weight is 179 g/mol. The largest absolute Gasteiger partial charge is 0.350 e. The second-order valence-electron chi connectivity index (χ2n) is 3.47. The zero-order valence-corrected chi connectivity index (χ0v) is 7.63. The molecule has 4 nitrogen and oxygen atoms in total. The van der Waals surface area contributed by atoms with E-state index >= 15 is 0 Å². The predicted molar refractivity (Wildman–Crippen MR) is 47.9 cm³/mol. The number of imidazole rings is 1. The second-order valence-corrected chi connectivity index (χ2v) is 3.47. The van der Waals surface area contributed by atoms with Crippen molar-refractivity contribution in [3.05, 3.63) is 17.7 Å². The summed E-state index contributed by atoms with van der Waals surface area (Å²) in [5.74, 6) is 0.446. The molecule has 70 valence electrons. The maximum Gasteiger partial charge on any atom is 0.223 e. The fraction of sp³-hybridized carbons (Fsp3) is 0.556. The van der Waals surface area contributed by atoms with Crippen LogP contribution in [-0.4, -0.2) is 15.9 Å². The number of carbonyl (C=O) groups is 1. The number of amides is 1. The molecule has 1 aliphatic rings. The van der Waals surface area contributed by atoms with Crippen molar-refractivity contribution >= 4 is 5.91 Å². The predicted octanol–water partition coefficient (Wildman–Crippen LogP) is 0.744.